The van der Waals surface area contributed by atoms with E-state index in [0.29, 0.717) is 9.46 Å². The van der Waals surface area contributed by atoms with Gasteiger partial charge in [0.05, 0.1) is 0 Å². The molecule has 2 rings (SSSR count). The van der Waals surface area contributed by atoms with Gasteiger partial charge in [-0.1, -0.05) is 6.92 Å². The molecule has 0 saturated heterocycles. The molecule has 2 atom stereocenters. The van der Waals surface area contributed by atoms with Gasteiger partial charge in [-0.15, -0.1) is 11.3 Å². The van der Waals surface area contributed by atoms with Crippen molar-refractivity contribution < 1.29 is 8.42 Å². The van der Waals surface area contributed by atoms with Gasteiger partial charge >= 0.3 is 0 Å². The number of thiophene rings is 1. The smallest absolute Gasteiger partial charge is 0.250 e. The molecular formula is C14H24N2O2S3. The van der Waals surface area contributed by atoms with Crippen LogP contribution in [0.1, 0.15) is 37.5 Å². The Labute approximate surface area is 136 Å². The number of rotatable bonds is 8. The molecule has 0 aromatic carbocycles. The molecule has 1 aromatic rings. The van der Waals surface area contributed by atoms with E-state index in [1.807, 2.05) is 17.8 Å². The van der Waals surface area contributed by atoms with Crippen LogP contribution < -0.4 is 10.0 Å². The molecule has 21 heavy (non-hydrogen) atoms. The minimum atomic E-state index is -3.35. The van der Waals surface area contributed by atoms with E-state index in [-0.39, 0.29) is 6.04 Å². The topological polar surface area (TPSA) is 58.2 Å². The van der Waals surface area contributed by atoms with Crippen LogP contribution in [0.2, 0.25) is 0 Å². The Hall–Kier alpha value is -0.0800. The fourth-order valence-electron chi connectivity index (χ4n) is 2.52. The normalized spacial score (nSPS) is 22.8. The number of hydrogen-bond donors (Lipinski definition) is 2. The molecule has 2 unspecified atom stereocenters. The van der Waals surface area contributed by atoms with Crippen molar-refractivity contribution >= 4 is 33.1 Å². The molecule has 120 valence electrons. The quantitative estimate of drug-likeness (QED) is 0.709. The molecule has 0 bridgehead atoms. The van der Waals surface area contributed by atoms with Gasteiger partial charge in [0.2, 0.25) is 10.0 Å². The van der Waals surface area contributed by atoms with Crippen molar-refractivity contribution in [2.75, 3.05) is 12.8 Å². The molecule has 7 heteroatoms. The Morgan fingerprint density at radius 2 is 2.19 bits per heavy atom. The standard InChI is InChI=1S/C14H24N2O2S3/c1-3-8-15-10-13-6-7-14(20-13)21(17,18)16-11-4-5-12(9-11)19-2/h6-7,11-12,15-16H,3-5,8-10H2,1-2H3. The number of thioether (sulfide) groups is 1. The van der Waals surface area contributed by atoms with Crippen LogP contribution in [-0.2, 0) is 16.6 Å². The van der Waals surface area contributed by atoms with Gasteiger partial charge in [-0.25, -0.2) is 13.1 Å². The first-order valence-corrected chi connectivity index (χ1v) is 11.0. The van der Waals surface area contributed by atoms with Crippen molar-refractivity contribution in [3.05, 3.63) is 17.0 Å². The Kier molecular flexibility index (Phi) is 6.55. The van der Waals surface area contributed by atoms with Crippen molar-refractivity contribution in [2.45, 2.75) is 54.7 Å². The molecule has 1 saturated carbocycles. The summed E-state index contributed by atoms with van der Waals surface area (Å²) in [5, 5.41) is 3.89. The van der Waals surface area contributed by atoms with E-state index >= 15 is 0 Å². The predicted molar refractivity (Wildman–Crippen MR) is 91.6 cm³/mol. The molecule has 2 N–H and O–H groups in total. The zero-order valence-electron chi connectivity index (χ0n) is 12.6. The Balaban J connectivity index is 1.93. The van der Waals surface area contributed by atoms with E-state index in [0.717, 1.165) is 43.6 Å². The molecule has 4 nitrogen and oxygen atoms in total. The van der Waals surface area contributed by atoms with E-state index in [1.54, 1.807) is 6.07 Å². The van der Waals surface area contributed by atoms with Crippen molar-refractivity contribution in [3.63, 3.8) is 0 Å². The predicted octanol–water partition coefficient (Wildman–Crippen LogP) is 2.81. The lowest BCUT2D eigenvalue weighted by Gasteiger charge is -2.12. The van der Waals surface area contributed by atoms with Crippen LogP contribution in [0.25, 0.3) is 0 Å². The maximum absolute atomic E-state index is 12.4. The third-order valence-electron chi connectivity index (χ3n) is 3.67. The van der Waals surface area contributed by atoms with Crippen molar-refractivity contribution in [2.24, 2.45) is 0 Å². The van der Waals surface area contributed by atoms with Crippen molar-refractivity contribution in [3.8, 4) is 0 Å². The first-order valence-electron chi connectivity index (χ1n) is 7.39. The van der Waals surface area contributed by atoms with Crippen LogP contribution >= 0.6 is 23.1 Å². The van der Waals surface area contributed by atoms with Crippen LogP contribution in [0.15, 0.2) is 16.3 Å². The average Bonchev–Trinajstić information content (AvgIpc) is 3.08. The largest absolute Gasteiger partial charge is 0.312 e. The summed E-state index contributed by atoms with van der Waals surface area (Å²) in [5.41, 5.74) is 0. The first-order chi connectivity index (χ1) is 10.0. The molecule has 1 aromatic heterocycles. The third kappa shape index (κ3) is 4.96. The summed E-state index contributed by atoms with van der Waals surface area (Å²) in [6, 6.07) is 3.72. The van der Waals surface area contributed by atoms with E-state index in [9.17, 15) is 8.42 Å². The second-order valence-corrected chi connectivity index (χ2v) is 9.63. The summed E-state index contributed by atoms with van der Waals surface area (Å²) >= 11 is 3.19. The average molecular weight is 349 g/mol. The Morgan fingerprint density at radius 1 is 1.38 bits per heavy atom. The van der Waals surface area contributed by atoms with Gasteiger partial charge in [-0.2, -0.15) is 11.8 Å². The van der Waals surface area contributed by atoms with Crippen LogP contribution in [-0.4, -0.2) is 32.5 Å². The monoisotopic (exact) mass is 348 g/mol. The summed E-state index contributed by atoms with van der Waals surface area (Å²) < 4.78 is 28.1. The zero-order chi connectivity index (χ0) is 15.3. The number of nitrogens with one attached hydrogen (secondary N) is 2. The maximum Gasteiger partial charge on any atom is 0.250 e. The SMILES string of the molecule is CCCNCc1ccc(S(=O)(=O)NC2CCC(SC)C2)s1. The van der Waals surface area contributed by atoms with Crippen molar-refractivity contribution in [1.82, 2.24) is 10.0 Å². The van der Waals surface area contributed by atoms with Gasteiger partial charge in [0.25, 0.3) is 0 Å². The molecule has 0 amide bonds. The molecule has 0 radical (unpaired) electrons. The Morgan fingerprint density at radius 3 is 2.86 bits per heavy atom. The highest BCUT2D eigenvalue weighted by Crippen LogP contribution is 2.30. The fourth-order valence-corrected chi connectivity index (χ4v) is 5.95. The number of hydrogen-bond acceptors (Lipinski definition) is 5. The summed E-state index contributed by atoms with van der Waals surface area (Å²) in [5.74, 6) is 0. The zero-order valence-corrected chi connectivity index (χ0v) is 15.0. The van der Waals surface area contributed by atoms with Gasteiger partial charge in [0, 0.05) is 22.7 Å². The van der Waals surface area contributed by atoms with Gasteiger partial charge in [0.15, 0.2) is 0 Å². The molecular weight excluding hydrogens is 324 g/mol. The second-order valence-electron chi connectivity index (χ2n) is 5.39. The lowest BCUT2D eigenvalue weighted by atomic mass is 10.3. The summed E-state index contributed by atoms with van der Waals surface area (Å²) in [4.78, 5) is 1.07. The van der Waals surface area contributed by atoms with Crippen LogP contribution in [0.4, 0.5) is 0 Å². The first kappa shape index (κ1) is 17.3. The van der Waals surface area contributed by atoms with Gasteiger partial charge in [0.1, 0.15) is 4.21 Å². The third-order valence-corrected chi connectivity index (χ3v) is 7.86. The van der Waals surface area contributed by atoms with E-state index in [2.05, 4.69) is 23.2 Å². The summed E-state index contributed by atoms with van der Waals surface area (Å²) in [6.45, 7) is 3.81. The summed E-state index contributed by atoms with van der Waals surface area (Å²) in [6.07, 6.45) is 6.16. The second kappa shape index (κ2) is 7.97. The highest BCUT2D eigenvalue weighted by Gasteiger charge is 2.28. The highest BCUT2D eigenvalue weighted by atomic mass is 32.2. The lowest BCUT2D eigenvalue weighted by Crippen LogP contribution is -2.32. The Bertz CT molecular complexity index is 542. The number of sulfonamides is 1. The molecule has 1 aliphatic carbocycles. The van der Waals surface area contributed by atoms with E-state index in [4.69, 9.17) is 0 Å². The summed E-state index contributed by atoms with van der Waals surface area (Å²) in [7, 11) is -3.35. The molecule has 0 spiro atoms. The molecule has 0 aliphatic heterocycles. The molecule has 1 aliphatic rings. The van der Waals surface area contributed by atoms with Gasteiger partial charge in [-0.05, 0) is 50.6 Å². The van der Waals surface area contributed by atoms with Gasteiger partial charge in [-0.3, -0.25) is 0 Å². The van der Waals surface area contributed by atoms with E-state index < -0.39 is 10.0 Å². The fraction of sp³-hybridized carbons (Fsp3) is 0.714. The maximum atomic E-state index is 12.4. The lowest BCUT2D eigenvalue weighted by molar-refractivity contribution is 0.554. The van der Waals surface area contributed by atoms with E-state index in [1.165, 1.54) is 11.3 Å². The minimum absolute atomic E-state index is 0.0937. The van der Waals surface area contributed by atoms with Crippen molar-refractivity contribution in [1.29, 1.82) is 0 Å². The molecule has 1 heterocycles. The van der Waals surface area contributed by atoms with Crippen LogP contribution in [0.5, 0.6) is 0 Å². The van der Waals surface area contributed by atoms with Gasteiger partial charge < -0.3 is 5.32 Å². The van der Waals surface area contributed by atoms with Crippen LogP contribution in [0.3, 0.4) is 0 Å². The molecule has 1 fully saturated rings. The minimum Gasteiger partial charge on any atom is -0.312 e. The van der Waals surface area contributed by atoms with Crippen LogP contribution in [0, 0.1) is 0 Å². The highest BCUT2D eigenvalue weighted by molar-refractivity contribution is 7.99.